The first-order valence-corrected chi connectivity index (χ1v) is 5.93. The number of imidazole rings is 1. The van der Waals surface area contributed by atoms with Gasteiger partial charge in [-0.15, -0.1) is 0 Å². The van der Waals surface area contributed by atoms with Crippen molar-refractivity contribution in [1.29, 1.82) is 0 Å². The SMILES string of the molecule is O=Cc1cc(-c2cnc3nc(C(F)(F)F)cnn23)ccc1F. The normalized spacial score (nSPS) is 11.8. The Balaban J connectivity index is 2.15. The summed E-state index contributed by atoms with van der Waals surface area (Å²) < 4.78 is 52.1. The van der Waals surface area contributed by atoms with Gasteiger partial charge in [0.25, 0.3) is 5.78 Å². The van der Waals surface area contributed by atoms with Crippen molar-refractivity contribution in [3.63, 3.8) is 0 Å². The number of nitrogens with zero attached hydrogens (tertiary/aromatic N) is 4. The van der Waals surface area contributed by atoms with Crippen molar-refractivity contribution >= 4 is 12.1 Å². The Morgan fingerprint density at radius 2 is 1.95 bits per heavy atom. The van der Waals surface area contributed by atoms with E-state index in [9.17, 15) is 22.4 Å². The van der Waals surface area contributed by atoms with Gasteiger partial charge in [0.05, 0.1) is 23.7 Å². The highest BCUT2D eigenvalue weighted by Gasteiger charge is 2.33. The van der Waals surface area contributed by atoms with Crippen LogP contribution >= 0.6 is 0 Å². The number of fused-ring (bicyclic) bond motifs is 1. The first-order chi connectivity index (χ1) is 10.4. The van der Waals surface area contributed by atoms with Crippen LogP contribution in [0.4, 0.5) is 17.6 Å². The zero-order valence-electron chi connectivity index (χ0n) is 10.7. The summed E-state index contributed by atoms with van der Waals surface area (Å²) in [7, 11) is 0. The highest BCUT2D eigenvalue weighted by Crippen LogP contribution is 2.28. The molecule has 0 N–H and O–H groups in total. The molecule has 0 aliphatic heterocycles. The smallest absolute Gasteiger partial charge is 0.298 e. The van der Waals surface area contributed by atoms with Gasteiger partial charge in [-0.2, -0.15) is 22.8 Å². The van der Waals surface area contributed by atoms with Crippen LogP contribution in [0.2, 0.25) is 0 Å². The molecule has 2 aromatic heterocycles. The van der Waals surface area contributed by atoms with E-state index in [1.807, 2.05) is 0 Å². The van der Waals surface area contributed by atoms with Crippen LogP contribution in [0.25, 0.3) is 17.0 Å². The van der Waals surface area contributed by atoms with Crippen LogP contribution in [0.15, 0.2) is 30.6 Å². The quantitative estimate of drug-likeness (QED) is 0.539. The van der Waals surface area contributed by atoms with Gasteiger partial charge in [0.2, 0.25) is 0 Å². The Bertz CT molecular complexity index is 872. The number of halogens is 4. The maximum absolute atomic E-state index is 13.3. The van der Waals surface area contributed by atoms with Crippen molar-refractivity contribution in [3.8, 4) is 11.3 Å². The number of carbonyl (C=O) groups is 1. The van der Waals surface area contributed by atoms with Crippen molar-refractivity contribution in [2.75, 3.05) is 0 Å². The molecular weight excluding hydrogens is 304 g/mol. The van der Waals surface area contributed by atoms with Crippen molar-refractivity contribution in [3.05, 3.63) is 47.7 Å². The summed E-state index contributed by atoms with van der Waals surface area (Å²) in [6.07, 6.45) is -2.46. The molecule has 0 spiro atoms. The van der Waals surface area contributed by atoms with Crippen molar-refractivity contribution < 1.29 is 22.4 Å². The Hall–Kier alpha value is -2.84. The predicted molar refractivity (Wildman–Crippen MR) is 66.6 cm³/mol. The predicted octanol–water partition coefficient (Wildman–Crippen LogP) is 2.76. The first-order valence-electron chi connectivity index (χ1n) is 5.93. The minimum Gasteiger partial charge on any atom is -0.298 e. The van der Waals surface area contributed by atoms with Crippen LogP contribution in [0.1, 0.15) is 16.1 Å². The molecular formula is C13H6F4N4O. The highest BCUT2D eigenvalue weighted by atomic mass is 19.4. The first kappa shape index (κ1) is 14.1. The van der Waals surface area contributed by atoms with Gasteiger partial charge in [0, 0.05) is 5.56 Å². The van der Waals surface area contributed by atoms with Gasteiger partial charge in [0.1, 0.15) is 5.82 Å². The van der Waals surface area contributed by atoms with Crippen LogP contribution in [0, 0.1) is 5.82 Å². The summed E-state index contributed by atoms with van der Waals surface area (Å²) in [5.41, 5.74) is -0.665. The maximum atomic E-state index is 13.3. The lowest BCUT2D eigenvalue weighted by atomic mass is 10.1. The number of benzene rings is 1. The van der Waals surface area contributed by atoms with Gasteiger partial charge in [-0.05, 0) is 18.2 Å². The van der Waals surface area contributed by atoms with E-state index in [0.29, 0.717) is 23.7 Å². The molecule has 0 saturated heterocycles. The summed E-state index contributed by atoms with van der Waals surface area (Å²) >= 11 is 0. The second-order valence-electron chi connectivity index (χ2n) is 4.35. The van der Waals surface area contributed by atoms with Crippen LogP contribution in [0.5, 0.6) is 0 Å². The van der Waals surface area contributed by atoms with Gasteiger partial charge in [-0.3, -0.25) is 4.79 Å². The van der Waals surface area contributed by atoms with Crippen molar-refractivity contribution in [2.45, 2.75) is 6.18 Å². The van der Waals surface area contributed by atoms with Crippen LogP contribution in [-0.2, 0) is 6.18 Å². The van der Waals surface area contributed by atoms with E-state index in [4.69, 9.17) is 0 Å². The van der Waals surface area contributed by atoms with Crippen LogP contribution in [-0.4, -0.2) is 25.9 Å². The molecule has 1 aromatic carbocycles. The molecule has 0 aliphatic rings. The van der Waals surface area contributed by atoms with Gasteiger partial charge in [-0.1, -0.05) is 0 Å². The number of hydrogen-bond donors (Lipinski definition) is 0. The number of rotatable bonds is 2. The number of aromatic nitrogens is 4. The third-order valence-electron chi connectivity index (χ3n) is 2.95. The summed E-state index contributed by atoms with van der Waals surface area (Å²) in [5, 5.41) is 3.65. The maximum Gasteiger partial charge on any atom is 0.435 e. The van der Waals surface area contributed by atoms with Gasteiger partial charge < -0.3 is 0 Å². The zero-order chi connectivity index (χ0) is 15.9. The topological polar surface area (TPSA) is 60.2 Å². The average molecular weight is 310 g/mol. The minimum absolute atomic E-state index is 0.174. The molecule has 0 radical (unpaired) electrons. The van der Waals surface area contributed by atoms with Crippen molar-refractivity contribution in [1.82, 2.24) is 19.6 Å². The summed E-state index contributed by atoms with van der Waals surface area (Å²) in [6.45, 7) is 0. The van der Waals surface area contributed by atoms with E-state index in [1.165, 1.54) is 18.3 Å². The summed E-state index contributed by atoms with van der Waals surface area (Å²) in [5.74, 6) is -0.945. The molecule has 9 heteroatoms. The molecule has 0 aliphatic carbocycles. The van der Waals surface area contributed by atoms with Crippen LogP contribution < -0.4 is 0 Å². The third kappa shape index (κ3) is 2.30. The molecule has 5 nitrogen and oxygen atoms in total. The molecule has 0 unspecified atom stereocenters. The van der Waals surface area contributed by atoms with E-state index in [1.54, 1.807) is 0 Å². The molecule has 0 bridgehead atoms. The fourth-order valence-electron chi connectivity index (χ4n) is 1.90. The van der Waals surface area contributed by atoms with E-state index in [-0.39, 0.29) is 11.3 Å². The summed E-state index contributed by atoms with van der Waals surface area (Å²) in [6, 6.07) is 3.70. The van der Waals surface area contributed by atoms with Gasteiger partial charge in [-0.25, -0.2) is 14.4 Å². The second-order valence-corrected chi connectivity index (χ2v) is 4.35. The minimum atomic E-state index is -4.62. The van der Waals surface area contributed by atoms with Crippen LogP contribution in [0.3, 0.4) is 0 Å². The molecule has 3 aromatic rings. The molecule has 112 valence electrons. The van der Waals surface area contributed by atoms with Gasteiger partial charge in [0.15, 0.2) is 12.0 Å². The number of alkyl halides is 3. The number of carbonyl (C=O) groups excluding carboxylic acids is 1. The molecule has 0 atom stereocenters. The molecule has 22 heavy (non-hydrogen) atoms. The Morgan fingerprint density at radius 1 is 1.18 bits per heavy atom. The zero-order valence-corrected chi connectivity index (χ0v) is 10.7. The monoisotopic (exact) mass is 310 g/mol. The van der Waals surface area contributed by atoms with Crippen molar-refractivity contribution in [2.24, 2.45) is 0 Å². The fourth-order valence-corrected chi connectivity index (χ4v) is 1.90. The average Bonchev–Trinajstić information content (AvgIpc) is 2.90. The van der Waals surface area contributed by atoms with E-state index >= 15 is 0 Å². The van der Waals surface area contributed by atoms with Gasteiger partial charge >= 0.3 is 6.18 Å². The standard InChI is InChI=1S/C13H6F4N4O/c14-9-2-1-7(3-8(9)6-22)10-4-18-12-20-11(13(15,16)17)5-19-21(10)12/h1-6H. The molecule has 3 rings (SSSR count). The Morgan fingerprint density at radius 3 is 2.64 bits per heavy atom. The number of aldehydes is 1. The molecule has 0 fully saturated rings. The number of hydrogen-bond acceptors (Lipinski definition) is 4. The largest absolute Gasteiger partial charge is 0.435 e. The third-order valence-corrected chi connectivity index (χ3v) is 2.95. The van der Waals surface area contributed by atoms with E-state index < -0.39 is 17.7 Å². The molecule has 2 heterocycles. The van der Waals surface area contributed by atoms with E-state index in [0.717, 1.165) is 10.6 Å². The lowest BCUT2D eigenvalue weighted by Gasteiger charge is -2.06. The fraction of sp³-hybridized carbons (Fsp3) is 0.0769. The lowest BCUT2D eigenvalue weighted by molar-refractivity contribution is -0.141. The Kier molecular flexibility index (Phi) is 3.12. The Labute approximate surface area is 120 Å². The molecule has 0 amide bonds. The van der Waals surface area contributed by atoms with E-state index in [2.05, 4.69) is 15.1 Å². The summed E-state index contributed by atoms with van der Waals surface area (Å²) in [4.78, 5) is 17.9. The molecule has 0 saturated carbocycles. The second kappa shape index (κ2) is 4.86. The highest BCUT2D eigenvalue weighted by molar-refractivity contribution is 5.78. The lowest BCUT2D eigenvalue weighted by Crippen LogP contribution is -2.11.